The Bertz CT molecular complexity index is 562. The first kappa shape index (κ1) is 15.6. The van der Waals surface area contributed by atoms with Gasteiger partial charge in [0.2, 0.25) is 5.91 Å². The summed E-state index contributed by atoms with van der Waals surface area (Å²) in [6.45, 7) is 2.55. The van der Waals surface area contributed by atoms with Crippen molar-refractivity contribution in [2.75, 3.05) is 13.7 Å². The summed E-state index contributed by atoms with van der Waals surface area (Å²) in [5, 5.41) is 8.74. The number of aliphatic hydroxyl groups is 1. The van der Waals surface area contributed by atoms with E-state index < -0.39 is 0 Å². The lowest BCUT2D eigenvalue weighted by molar-refractivity contribution is -0.140. The Morgan fingerprint density at radius 3 is 2.76 bits per heavy atom. The summed E-state index contributed by atoms with van der Waals surface area (Å²) in [4.78, 5) is 14.4. The molecule has 1 aromatic rings. The molecule has 1 fully saturated rings. The van der Waals surface area contributed by atoms with E-state index in [0.717, 1.165) is 36.8 Å². The Balaban J connectivity index is 2.05. The van der Waals surface area contributed by atoms with Crippen molar-refractivity contribution in [3.8, 4) is 11.8 Å². The topological polar surface area (TPSA) is 40.5 Å². The smallest absolute Gasteiger partial charge is 0.228 e. The Morgan fingerprint density at radius 1 is 1.38 bits per heavy atom. The molecule has 0 radical (unpaired) electrons. The van der Waals surface area contributed by atoms with E-state index in [2.05, 4.69) is 18.8 Å². The zero-order valence-corrected chi connectivity index (χ0v) is 12.9. The molecular formula is C18H23NO2. The number of carbonyl (C=O) groups is 1. The van der Waals surface area contributed by atoms with Gasteiger partial charge in [-0.15, -0.1) is 0 Å². The van der Waals surface area contributed by atoms with Gasteiger partial charge in [-0.3, -0.25) is 4.79 Å². The summed E-state index contributed by atoms with van der Waals surface area (Å²) in [7, 11) is 1.87. The highest BCUT2D eigenvalue weighted by atomic mass is 16.2. The van der Waals surface area contributed by atoms with Crippen molar-refractivity contribution in [3.63, 3.8) is 0 Å². The third-order valence-corrected chi connectivity index (χ3v) is 4.23. The number of rotatable bonds is 3. The highest BCUT2D eigenvalue weighted by molar-refractivity contribution is 5.82. The second-order valence-corrected chi connectivity index (χ2v) is 6.09. The number of aliphatic hydroxyl groups excluding tert-OH is 1. The average molecular weight is 285 g/mol. The maximum absolute atomic E-state index is 12.6. The fourth-order valence-corrected chi connectivity index (χ4v) is 3.06. The van der Waals surface area contributed by atoms with Crippen LogP contribution in [0.1, 0.15) is 43.7 Å². The molecule has 0 unspecified atom stereocenters. The first-order valence-electron chi connectivity index (χ1n) is 7.49. The Labute approximate surface area is 127 Å². The van der Waals surface area contributed by atoms with Crippen LogP contribution in [0.3, 0.4) is 0 Å². The van der Waals surface area contributed by atoms with Gasteiger partial charge in [0.15, 0.2) is 0 Å². The fraction of sp³-hybridized carbons (Fsp3) is 0.500. The largest absolute Gasteiger partial charge is 0.384 e. The molecule has 3 nitrogen and oxygen atoms in total. The molecule has 3 heteroatoms. The summed E-state index contributed by atoms with van der Waals surface area (Å²) in [5.74, 6) is 5.78. The number of carbonyl (C=O) groups excluding carboxylic acids is 1. The van der Waals surface area contributed by atoms with Crippen LogP contribution in [0.5, 0.6) is 0 Å². The van der Waals surface area contributed by atoms with Crippen LogP contribution in [-0.2, 0) is 11.3 Å². The molecule has 0 aliphatic heterocycles. The Kier molecular flexibility index (Phi) is 5.03. The van der Waals surface area contributed by atoms with Gasteiger partial charge in [0.05, 0.1) is 0 Å². The maximum Gasteiger partial charge on any atom is 0.228 e. The van der Waals surface area contributed by atoms with E-state index in [0.29, 0.717) is 6.54 Å². The van der Waals surface area contributed by atoms with E-state index in [-0.39, 0.29) is 17.9 Å². The molecule has 1 aromatic carbocycles. The van der Waals surface area contributed by atoms with Crippen molar-refractivity contribution in [1.29, 1.82) is 0 Å². The van der Waals surface area contributed by atoms with E-state index in [4.69, 9.17) is 5.11 Å². The third kappa shape index (κ3) is 3.86. The van der Waals surface area contributed by atoms with Gasteiger partial charge in [0.25, 0.3) is 0 Å². The molecule has 1 saturated carbocycles. The predicted octanol–water partition coefficient (Wildman–Crippen LogP) is 2.57. The van der Waals surface area contributed by atoms with Crippen molar-refractivity contribution in [2.45, 2.75) is 39.2 Å². The van der Waals surface area contributed by atoms with Crippen LogP contribution in [0.25, 0.3) is 0 Å². The molecule has 0 atom stereocenters. The van der Waals surface area contributed by atoms with Gasteiger partial charge in [-0.2, -0.15) is 0 Å². The minimum absolute atomic E-state index is 0.138. The number of benzene rings is 1. The number of amides is 1. The van der Waals surface area contributed by atoms with Gasteiger partial charge in [0, 0.05) is 24.6 Å². The van der Waals surface area contributed by atoms with Crippen LogP contribution in [0, 0.1) is 17.3 Å². The summed E-state index contributed by atoms with van der Waals surface area (Å²) in [5.41, 5.74) is 1.76. The molecular weight excluding hydrogens is 262 g/mol. The second kappa shape index (κ2) is 6.78. The Hall–Kier alpha value is -1.79. The van der Waals surface area contributed by atoms with Gasteiger partial charge < -0.3 is 10.0 Å². The van der Waals surface area contributed by atoms with Gasteiger partial charge in [-0.1, -0.05) is 43.7 Å². The number of hydrogen-bond donors (Lipinski definition) is 1. The van der Waals surface area contributed by atoms with Crippen LogP contribution >= 0.6 is 0 Å². The molecule has 0 aromatic heterocycles. The molecule has 112 valence electrons. The van der Waals surface area contributed by atoms with Crippen LogP contribution < -0.4 is 0 Å². The van der Waals surface area contributed by atoms with E-state index in [1.807, 2.05) is 36.2 Å². The summed E-state index contributed by atoms with van der Waals surface area (Å²) >= 11 is 0. The van der Waals surface area contributed by atoms with E-state index in [9.17, 15) is 4.79 Å². The standard InChI is InChI=1S/C18H23NO2/c1-18(10-3-4-11-18)17(21)19(2)14-16-8-5-7-15(13-16)9-6-12-20/h5,7-8,13,20H,3-4,10-12,14H2,1-2H3. The van der Waals surface area contributed by atoms with Crippen LogP contribution in [-0.4, -0.2) is 29.6 Å². The summed E-state index contributed by atoms with van der Waals surface area (Å²) in [6.07, 6.45) is 4.31. The predicted molar refractivity (Wildman–Crippen MR) is 83.5 cm³/mol. The molecule has 1 N–H and O–H groups in total. The van der Waals surface area contributed by atoms with Crippen LogP contribution in [0.15, 0.2) is 24.3 Å². The molecule has 0 saturated heterocycles. The summed E-state index contributed by atoms with van der Waals surface area (Å²) < 4.78 is 0. The van der Waals surface area contributed by atoms with E-state index in [1.54, 1.807) is 0 Å². The first-order valence-corrected chi connectivity index (χ1v) is 7.49. The number of nitrogens with zero attached hydrogens (tertiary/aromatic N) is 1. The third-order valence-electron chi connectivity index (χ3n) is 4.23. The SMILES string of the molecule is CN(Cc1cccc(C#CCO)c1)C(=O)C1(C)CCCC1. The van der Waals surface area contributed by atoms with E-state index in [1.165, 1.54) is 0 Å². The molecule has 0 bridgehead atoms. The normalized spacial score (nSPS) is 16.1. The lowest BCUT2D eigenvalue weighted by Crippen LogP contribution is -2.38. The van der Waals surface area contributed by atoms with Gasteiger partial charge in [0.1, 0.15) is 6.61 Å². The summed E-state index contributed by atoms with van der Waals surface area (Å²) in [6, 6.07) is 7.83. The molecule has 0 spiro atoms. The Morgan fingerprint density at radius 2 is 2.10 bits per heavy atom. The molecule has 1 amide bonds. The van der Waals surface area contributed by atoms with Crippen molar-refractivity contribution in [1.82, 2.24) is 4.90 Å². The molecule has 1 aliphatic rings. The van der Waals surface area contributed by atoms with Crippen molar-refractivity contribution in [3.05, 3.63) is 35.4 Å². The maximum atomic E-state index is 12.6. The second-order valence-electron chi connectivity index (χ2n) is 6.09. The van der Waals surface area contributed by atoms with E-state index >= 15 is 0 Å². The molecule has 21 heavy (non-hydrogen) atoms. The minimum atomic E-state index is -0.178. The molecule has 0 heterocycles. The quantitative estimate of drug-likeness (QED) is 0.867. The highest BCUT2D eigenvalue weighted by Gasteiger charge is 2.37. The van der Waals surface area contributed by atoms with Gasteiger partial charge in [-0.05, 0) is 30.5 Å². The van der Waals surface area contributed by atoms with Crippen LogP contribution in [0.4, 0.5) is 0 Å². The average Bonchev–Trinajstić information content (AvgIpc) is 2.92. The highest BCUT2D eigenvalue weighted by Crippen LogP contribution is 2.39. The number of hydrogen-bond acceptors (Lipinski definition) is 2. The molecule has 2 rings (SSSR count). The van der Waals surface area contributed by atoms with Crippen LogP contribution in [0.2, 0.25) is 0 Å². The van der Waals surface area contributed by atoms with Gasteiger partial charge >= 0.3 is 0 Å². The zero-order chi connectivity index (χ0) is 15.3. The van der Waals surface area contributed by atoms with Crippen molar-refractivity contribution in [2.24, 2.45) is 5.41 Å². The zero-order valence-electron chi connectivity index (χ0n) is 12.9. The molecule has 1 aliphatic carbocycles. The monoisotopic (exact) mass is 285 g/mol. The van der Waals surface area contributed by atoms with Crippen molar-refractivity contribution < 1.29 is 9.90 Å². The lowest BCUT2D eigenvalue weighted by Gasteiger charge is -2.29. The minimum Gasteiger partial charge on any atom is -0.384 e. The van der Waals surface area contributed by atoms with Crippen molar-refractivity contribution >= 4 is 5.91 Å². The first-order chi connectivity index (χ1) is 10.0. The lowest BCUT2D eigenvalue weighted by atomic mass is 9.87. The van der Waals surface area contributed by atoms with Gasteiger partial charge in [-0.25, -0.2) is 0 Å². The fourth-order valence-electron chi connectivity index (χ4n) is 3.06.